The summed E-state index contributed by atoms with van der Waals surface area (Å²) in [6, 6.07) is 14.7. The Kier molecular flexibility index (Phi) is 7.09. The summed E-state index contributed by atoms with van der Waals surface area (Å²) in [5.74, 6) is -0.814. The molecule has 29 heavy (non-hydrogen) atoms. The van der Waals surface area contributed by atoms with Crippen molar-refractivity contribution in [2.45, 2.75) is 20.0 Å². The van der Waals surface area contributed by atoms with Crippen LogP contribution in [-0.2, 0) is 4.79 Å². The van der Waals surface area contributed by atoms with E-state index in [9.17, 15) is 9.90 Å². The number of hydrogen-bond acceptors (Lipinski definition) is 8. The van der Waals surface area contributed by atoms with Crippen LogP contribution in [0.25, 0.3) is 32.3 Å². The van der Waals surface area contributed by atoms with Crippen LogP contribution >= 0.6 is 11.3 Å². The first-order chi connectivity index (χ1) is 13.5. The molecular formula is C20H15KN4O3S. The van der Waals surface area contributed by atoms with Gasteiger partial charge in [-0.05, 0) is 50.2 Å². The van der Waals surface area contributed by atoms with Crippen molar-refractivity contribution in [3.05, 3.63) is 54.2 Å². The Labute approximate surface area is 213 Å². The van der Waals surface area contributed by atoms with Gasteiger partial charge in [0, 0.05) is 5.56 Å². The normalized spacial score (nSPS) is 11.7. The maximum absolute atomic E-state index is 10.8. The van der Waals surface area contributed by atoms with Gasteiger partial charge in [-0.25, -0.2) is 9.97 Å². The Hall–Kier alpha value is -1.75. The minimum atomic E-state index is -1.26. The summed E-state index contributed by atoms with van der Waals surface area (Å²) >= 11 is 1.42. The molecule has 0 aliphatic rings. The first kappa shape index (κ1) is 21.9. The van der Waals surface area contributed by atoms with Crippen LogP contribution in [0.2, 0.25) is 0 Å². The van der Waals surface area contributed by atoms with Crippen molar-refractivity contribution < 1.29 is 66.0 Å². The quantitative estimate of drug-likeness (QED) is 0.399. The molecule has 0 N–H and O–H groups in total. The Morgan fingerprint density at radius 2 is 1.62 bits per heavy atom. The van der Waals surface area contributed by atoms with Gasteiger partial charge in [-0.3, -0.25) is 0 Å². The molecule has 0 bridgehead atoms. The second-order valence-corrected chi connectivity index (χ2v) is 7.14. The number of fused-ring (bicyclic) bond motifs is 1. The minimum absolute atomic E-state index is 0. The van der Waals surface area contributed by atoms with Crippen LogP contribution in [0.15, 0.2) is 48.5 Å². The topological polar surface area (TPSA) is 101 Å². The molecule has 0 aliphatic heterocycles. The fraction of sp³-hybridized carbons (Fsp3) is 0.150. The molecule has 140 valence electrons. The molecule has 0 amide bonds. The number of aliphatic carboxylic acids is 1. The van der Waals surface area contributed by atoms with Crippen LogP contribution in [-0.4, -0.2) is 32.2 Å². The van der Waals surface area contributed by atoms with E-state index in [0.29, 0.717) is 16.5 Å². The number of carboxylic acid groups (broad SMARTS) is 1. The number of rotatable bonds is 5. The van der Waals surface area contributed by atoms with E-state index in [1.54, 1.807) is 24.3 Å². The molecule has 0 radical (unpaired) electrons. The van der Waals surface area contributed by atoms with Crippen molar-refractivity contribution >= 4 is 28.3 Å². The third kappa shape index (κ3) is 4.88. The van der Waals surface area contributed by atoms with Crippen LogP contribution < -0.4 is 61.2 Å². The van der Waals surface area contributed by atoms with E-state index in [1.807, 2.05) is 31.2 Å². The van der Waals surface area contributed by atoms with Gasteiger partial charge in [0.25, 0.3) is 0 Å². The summed E-state index contributed by atoms with van der Waals surface area (Å²) in [5.41, 5.74) is 4.01. The minimum Gasteiger partial charge on any atom is -0.546 e. The summed E-state index contributed by atoms with van der Waals surface area (Å²) in [7, 11) is 0. The second kappa shape index (κ2) is 9.37. The van der Waals surface area contributed by atoms with Crippen molar-refractivity contribution in [1.29, 1.82) is 0 Å². The summed E-state index contributed by atoms with van der Waals surface area (Å²) in [6.45, 7) is 3.33. The van der Waals surface area contributed by atoms with Gasteiger partial charge in [-0.1, -0.05) is 23.5 Å². The van der Waals surface area contributed by atoms with Crippen molar-refractivity contribution in [2.24, 2.45) is 0 Å². The Morgan fingerprint density at radius 3 is 2.28 bits per heavy atom. The van der Waals surface area contributed by atoms with Crippen LogP contribution in [0.3, 0.4) is 0 Å². The molecule has 2 aromatic carbocycles. The first-order valence-electron chi connectivity index (χ1n) is 8.56. The van der Waals surface area contributed by atoms with Gasteiger partial charge in [0.1, 0.15) is 22.6 Å². The van der Waals surface area contributed by atoms with Crippen LogP contribution in [0.5, 0.6) is 5.75 Å². The monoisotopic (exact) mass is 430 g/mol. The molecule has 2 aromatic heterocycles. The number of carboxylic acids is 1. The molecule has 7 nitrogen and oxygen atoms in total. The van der Waals surface area contributed by atoms with Gasteiger partial charge in [-0.15, -0.1) is 10.2 Å². The zero-order valence-corrected chi connectivity index (χ0v) is 20.1. The van der Waals surface area contributed by atoms with Gasteiger partial charge < -0.3 is 14.6 Å². The molecule has 4 aromatic rings. The third-order valence-electron chi connectivity index (χ3n) is 4.12. The molecule has 1 unspecified atom stereocenters. The molecule has 4 rings (SSSR count). The Morgan fingerprint density at radius 1 is 1.00 bits per heavy atom. The number of carbonyl (C=O) groups is 1. The van der Waals surface area contributed by atoms with Gasteiger partial charge >= 0.3 is 51.4 Å². The van der Waals surface area contributed by atoms with Crippen LogP contribution in [0.4, 0.5) is 0 Å². The van der Waals surface area contributed by atoms with E-state index in [0.717, 1.165) is 27.3 Å². The summed E-state index contributed by atoms with van der Waals surface area (Å²) in [5, 5.41) is 20.7. The molecule has 1 atom stereocenters. The number of aromatic nitrogens is 4. The summed E-state index contributed by atoms with van der Waals surface area (Å²) in [4.78, 5) is 20.0. The first-order valence-corrected chi connectivity index (χ1v) is 9.38. The van der Waals surface area contributed by atoms with Crippen LogP contribution in [0, 0.1) is 6.92 Å². The van der Waals surface area contributed by atoms with Crippen molar-refractivity contribution in [1.82, 2.24) is 20.2 Å². The molecule has 0 saturated carbocycles. The second-order valence-electron chi connectivity index (χ2n) is 6.16. The molecule has 0 aliphatic carbocycles. The molecule has 0 fully saturated rings. The Bertz CT molecular complexity index is 1160. The maximum Gasteiger partial charge on any atom is 1.00 e. The zero-order chi connectivity index (χ0) is 19.7. The van der Waals surface area contributed by atoms with Crippen LogP contribution in [0.1, 0.15) is 12.6 Å². The predicted molar refractivity (Wildman–Crippen MR) is 104 cm³/mol. The number of aryl methyl sites for hydroxylation is 1. The molecule has 9 heteroatoms. The van der Waals surface area contributed by atoms with E-state index in [2.05, 4.69) is 20.2 Å². The Balaban J connectivity index is 0.00000240. The third-order valence-corrected chi connectivity index (χ3v) is 5.10. The molecule has 0 saturated heterocycles. The van der Waals surface area contributed by atoms with E-state index in [4.69, 9.17) is 4.74 Å². The average molecular weight is 431 g/mol. The maximum atomic E-state index is 10.8. The SMILES string of the molecule is Cc1nc2ccccc2nc1-c1nnc(-c2ccc(OC(C)C(=O)[O-])cc2)s1.[K+]. The number of para-hydroxylation sites is 2. The van der Waals surface area contributed by atoms with Crippen molar-refractivity contribution in [3.63, 3.8) is 0 Å². The smallest absolute Gasteiger partial charge is 0.546 e. The molecule has 0 spiro atoms. The number of nitrogens with zero attached hydrogens (tertiary/aromatic N) is 4. The number of ether oxygens (including phenoxy) is 1. The zero-order valence-electron chi connectivity index (χ0n) is 16.1. The van der Waals surface area contributed by atoms with E-state index < -0.39 is 12.1 Å². The number of benzene rings is 2. The summed E-state index contributed by atoms with van der Waals surface area (Å²) in [6.07, 6.45) is -1.02. The van der Waals surface area contributed by atoms with Gasteiger partial charge in [-0.2, -0.15) is 0 Å². The molecule has 2 heterocycles. The van der Waals surface area contributed by atoms with E-state index in [-0.39, 0.29) is 51.4 Å². The average Bonchev–Trinajstić information content (AvgIpc) is 3.18. The largest absolute Gasteiger partial charge is 1.00 e. The van der Waals surface area contributed by atoms with E-state index in [1.165, 1.54) is 18.3 Å². The fourth-order valence-corrected chi connectivity index (χ4v) is 3.55. The van der Waals surface area contributed by atoms with Gasteiger partial charge in [0.05, 0.1) is 22.7 Å². The standard InChI is InChI=1S/C20H16N4O3S.K/c1-11-17(22-16-6-4-3-5-15(16)21-11)19-24-23-18(28-19)13-7-9-14(10-8-13)27-12(2)20(25)26;/h3-10,12H,1-2H3,(H,25,26);/q;+1/p-1. The summed E-state index contributed by atoms with van der Waals surface area (Å²) < 4.78 is 5.28. The van der Waals surface area contributed by atoms with Gasteiger partial charge in [0.2, 0.25) is 0 Å². The predicted octanol–water partition coefficient (Wildman–Crippen LogP) is -0.355. The van der Waals surface area contributed by atoms with Crippen molar-refractivity contribution in [2.75, 3.05) is 0 Å². The fourth-order valence-electron chi connectivity index (χ4n) is 2.65. The number of hydrogen-bond donors (Lipinski definition) is 0. The van der Waals surface area contributed by atoms with Crippen molar-refractivity contribution in [3.8, 4) is 27.0 Å². The number of carbonyl (C=O) groups excluding carboxylic acids is 1. The van der Waals surface area contributed by atoms with Gasteiger partial charge in [0.15, 0.2) is 5.01 Å². The molecular weight excluding hydrogens is 415 g/mol. The van der Waals surface area contributed by atoms with E-state index >= 15 is 0 Å².